The van der Waals surface area contributed by atoms with Crippen LogP contribution in [0.5, 0.6) is 0 Å². The van der Waals surface area contributed by atoms with Crippen molar-refractivity contribution in [2.24, 2.45) is 0 Å². The van der Waals surface area contributed by atoms with Gasteiger partial charge in [-0.15, -0.1) is 0 Å². The van der Waals surface area contributed by atoms with Gasteiger partial charge in [0.15, 0.2) is 0 Å². The largest absolute Gasteiger partial charge is 0.444 e. The van der Waals surface area contributed by atoms with E-state index in [0.29, 0.717) is 37.5 Å². The third kappa shape index (κ3) is 3.33. The van der Waals surface area contributed by atoms with Crippen LogP contribution in [0.4, 0.5) is 9.18 Å². The number of rotatable bonds is 1. The number of carbonyl (C=O) groups is 1. The minimum absolute atomic E-state index is 0.312. The van der Waals surface area contributed by atoms with Gasteiger partial charge in [0.1, 0.15) is 17.1 Å². The second kappa shape index (κ2) is 6.80. The molecule has 0 atom stereocenters. The van der Waals surface area contributed by atoms with Crippen molar-refractivity contribution in [3.63, 3.8) is 0 Å². The molecule has 5 rings (SSSR count). The molecule has 4 heterocycles. The third-order valence-electron chi connectivity index (χ3n) is 5.50. The Morgan fingerprint density at radius 3 is 2.80 bits per heavy atom. The Morgan fingerprint density at radius 1 is 1.20 bits per heavy atom. The number of carbonyl (C=O) groups excluding carboxylic acids is 1. The van der Waals surface area contributed by atoms with E-state index in [9.17, 15) is 9.18 Å². The van der Waals surface area contributed by atoms with Crippen molar-refractivity contribution in [2.45, 2.75) is 52.5 Å². The highest BCUT2D eigenvalue weighted by Crippen LogP contribution is 2.32. The lowest BCUT2D eigenvalue weighted by Crippen LogP contribution is -2.33. The fourth-order valence-corrected chi connectivity index (χ4v) is 4.08. The number of halogens is 1. The summed E-state index contributed by atoms with van der Waals surface area (Å²) in [5, 5.41) is 0. The monoisotopic (exact) mass is 409 g/mol. The zero-order valence-electron chi connectivity index (χ0n) is 17.4. The van der Waals surface area contributed by atoms with Gasteiger partial charge in [0.2, 0.25) is 0 Å². The SMILES string of the molecule is CC(C)(C)OC(=O)N1Cc2ccc(-c3cn4c5c(nc4cc3F)CCOC5)cc2C1. The number of aromatic nitrogens is 2. The molecule has 156 valence electrons. The minimum atomic E-state index is -0.538. The molecule has 0 radical (unpaired) electrons. The van der Waals surface area contributed by atoms with Crippen LogP contribution in [0.3, 0.4) is 0 Å². The molecule has 0 N–H and O–H groups in total. The Hall–Kier alpha value is -2.93. The van der Waals surface area contributed by atoms with Crippen LogP contribution < -0.4 is 0 Å². The van der Waals surface area contributed by atoms with Gasteiger partial charge in [-0.25, -0.2) is 14.2 Å². The normalized spacial score (nSPS) is 15.9. The highest BCUT2D eigenvalue weighted by molar-refractivity contribution is 5.71. The second-order valence-electron chi connectivity index (χ2n) is 8.89. The van der Waals surface area contributed by atoms with Gasteiger partial charge in [0.05, 0.1) is 24.6 Å². The molecule has 0 saturated heterocycles. The van der Waals surface area contributed by atoms with E-state index < -0.39 is 5.60 Å². The summed E-state index contributed by atoms with van der Waals surface area (Å²) < 4.78 is 27.9. The van der Waals surface area contributed by atoms with Crippen LogP contribution in [-0.2, 0) is 35.6 Å². The van der Waals surface area contributed by atoms with Crippen LogP contribution >= 0.6 is 0 Å². The lowest BCUT2D eigenvalue weighted by molar-refractivity contribution is 0.0242. The number of benzene rings is 1. The van der Waals surface area contributed by atoms with Gasteiger partial charge < -0.3 is 13.9 Å². The zero-order chi connectivity index (χ0) is 21.0. The molecule has 0 saturated carbocycles. The lowest BCUT2D eigenvalue weighted by Gasteiger charge is -2.24. The van der Waals surface area contributed by atoms with Gasteiger partial charge in [-0.2, -0.15) is 0 Å². The van der Waals surface area contributed by atoms with Crippen molar-refractivity contribution in [3.8, 4) is 11.1 Å². The number of hydrogen-bond acceptors (Lipinski definition) is 4. The Labute approximate surface area is 174 Å². The number of ether oxygens (including phenoxy) is 2. The molecule has 0 fully saturated rings. The summed E-state index contributed by atoms with van der Waals surface area (Å²) in [6.07, 6.45) is 2.21. The number of amides is 1. The zero-order valence-corrected chi connectivity index (χ0v) is 17.4. The maximum absolute atomic E-state index is 14.9. The molecule has 0 bridgehead atoms. The molecular weight excluding hydrogens is 385 g/mol. The summed E-state index contributed by atoms with van der Waals surface area (Å²) >= 11 is 0. The number of nitrogens with zero attached hydrogens (tertiary/aromatic N) is 3. The Bertz CT molecular complexity index is 1160. The predicted molar refractivity (Wildman–Crippen MR) is 109 cm³/mol. The first-order chi connectivity index (χ1) is 14.3. The molecule has 2 aliphatic heterocycles. The lowest BCUT2D eigenvalue weighted by atomic mass is 10.0. The topological polar surface area (TPSA) is 56.1 Å². The Morgan fingerprint density at radius 2 is 2.00 bits per heavy atom. The average Bonchev–Trinajstić information content (AvgIpc) is 3.26. The number of imidazole rings is 1. The van der Waals surface area contributed by atoms with Gasteiger partial charge in [0.25, 0.3) is 0 Å². The second-order valence-corrected chi connectivity index (χ2v) is 8.89. The summed E-state index contributed by atoms with van der Waals surface area (Å²) in [6, 6.07) is 7.31. The number of hydrogen-bond donors (Lipinski definition) is 0. The summed E-state index contributed by atoms with van der Waals surface area (Å²) in [6.45, 7) is 7.64. The van der Waals surface area contributed by atoms with E-state index in [4.69, 9.17) is 9.47 Å². The van der Waals surface area contributed by atoms with E-state index >= 15 is 0 Å². The first-order valence-electron chi connectivity index (χ1n) is 10.2. The quantitative estimate of drug-likeness (QED) is 0.595. The molecule has 1 aromatic carbocycles. The molecule has 1 amide bonds. The highest BCUT2D eigenvalue weighted by atomic mass is 19.1. The summed E-state index contributed by atoms with van der Waals surface area (Å²) in [5.74, 6) is -0.312. The van der Waals surface area contributed by atoms with Gasteiger partial charge >= 0.3 is 6.09 Å². The van der Waals surface area contributed by atoms with E-state index in [-0.39, 0.29) is 11.9 Å². The first kappa shape index (κ1) is 19.1. The molecule has 6 nitrogen and oxygen atoms in total. The van der Waals surface area contributed by atoms with E-state index in [0.717, 1.165) is 34.5 Å². The van der Waals surface area contributed by atoms with Gasteiger partial charge in [-0.1, -0.05) is 12.1 Å². The standard InChI is InChI=1S/C23H24FN3O3/c1-23(2,3)30-22(28)26-10-15-5-4-14(8-16(15)11-26)17-12-27-20-13-29-7-6-19(20)25-21(27)9-18(17)24/h4-5,8-9,12H,6-7,10-11,13H2,1-3H3. The maximum atomic E-state index is 14.9. The molecule has 3 aromatic rings. The summed E-state index contributed by atoms with van der Waals surface area (Å²) in [7, 11) is 0. The Balaban J connectivity index is 1.47. The average molecular weight is 409 g/mol. The van der Waals surface area contributed by atoms with Crippen molar-refractivity contribution in [2.75, 3.05) is 6.61 Å². The van der Waals surface area contributed by atoms with E-state index in [1.165, 1.54) is 6.07 Å². The maximum Gasteiger partial charge on any atom is 0.410 e. The van der Waals surface area contributed by atoms with Gasteiger partial charge in [-0.3, -0.25) is 4.90 Å². The van der Waals surface area contributed by atoms with Crippen LogP contribution in [0.15, 0.2) is 30.5 Å². The van der Waals surface area contributed by atoms with E-state index in [1.54, 1.807) is 11.1 Å². The number of fused-ring (bicyclic) bond motifs is 4. The molecular formula is C23H24FN3O3. The minimum Gasteiger partial charge on any atom is -0.444 e. The third-order valence-corrected chi connectivity index (χ3v) is 5.50. The van der Waals surface area contributed by atoms with Crippen molar-refractivity contribution >= 4 is 11.7 Å². The summed E-state index contributed by atoms with van der Waals surface area (Å²) in [5.41, 5.74) is 5.36. The van der Waals surface area contributed by atoms with Crippen LogP contribution in [-0.4, -0.2) is 32.6 Å². The fraction of sp³-hybridized carbons (Fsp3) is 0.391. The summed E-state index contributed by atoms with van der Waals surface area (Å²) in [4.78, 5) is 18.6. The molecule has 2 aliphatic rings. The molecule has 2 aromatic heterocycles. The molecule has 7 heteroatoms. The first-order valence-corrected chi connectivity index (χ1v) is 10.2. The van der Waals surface area contributed by atoms with Crippen molar-refractivity contribution in [1.29, 1.82) is 0 Å². The van der Waals surface area contributed by atoms with Crippen molar-refractivity contribution in [3.05, 3.63) is 58.8 Å². The van der Waals surface area contributed by atoms with Crippen molar-refractivity contribution in [1.82, 2.24) is 14.3 Å². The van der Waals surface area contributed by atoms with E-state index in [1.807, 2.05) is 43.4 Å². The van der Waals surface area contributed by atoms with Crippen LogP contribution in [0.25, 0.3) is 16.8 Å². The highest BCUT2D eigenvalue weighted by Gasteiger charge is 2.28. The predicted octanol–water partition coefficient (Wildman–Crippen LogP) is 4.46. The Kier molecular flexibility index (Phi) is 4.32. The molecule has 0 aliphatic carbocycles. The molecule has 30 heavy (non-hydrogen) atoms. The van der Waals surface area contributed by atoms with E-state index in [2.05, 4.69) is 4.98 Å². The van der Waals surface area contributed by atoms with Gasteiger partial charge in [-0.05, 0) is 43.5 Å². The van der Waals surface area contributed by atoms with Crippen LogP contribution in [0, 0.1) is 5.82 Å². The van der Waals surface area contributed by atoms with Crippen LogP contribution in [0.1, 0.15) is 43.3 Å². The molecule has 0 spiro atoms. The van der Waals surface area contributed by atoms with Crippen molar-refractivity contribution < 1.29 is 18.7 Å². The smallest absolute Gasteiger partial charge is 0.410 e. The van der Waals surface area contributed by atoms with Crippen LogP contribution in [0.2, 0.25) is 0 Å². The number of pyridine rings is 1. The fourth-order valence-electron chi connectivity index (χ4n) is 4.08. The molecule has 0 unspecified atom stereocenters. The van der Waals surface area contributed by atoms with Gasteiger partial charge in [0, 0.05) is 37.3 Å².